The van der Waals surface area contributed by atoms with E-state index in [1.54, 1.807) is 6.07 Å². The van der Waals surface area contributed by atoms with Crippen LogP contribution in [0.15, 0.2) is 79.6 Å². The highest BCUT2D eigenvalue weighted by Gasteiger charge is 2.22. The first-order valence-corrected chi connectivity index (χ1v) is 10.1. The Balaban J connectivity index is 1.37. The summed E-state index contributed by atoms with van der Waals surface area (Å²) in [6.07, 6.45) is 12.8. The largest absolute Gasteiger partial charge is 0.508 e. The van der Waals surface area contributed by atoms with Crippen LogP contribution in [0, 0.1) is 5.92 Å². The van der Waals surface area contributed by atoms with Gasteiger partial charge in [-0.2, -0.15) is 5.10 Å². The fourth-order valence-corrected chi connectivity index (χ4v) is 4.50. The third-order valence-electron chi connectivity index (χ3n) is 5.91. The van der Waals surface area contributed by atoms with Gasteiger partial charge in [-0.3, -0.25) is 4.68 Å². The van der Waals surface area contributed by atoms with Crippen molar-refractivity contribution in [2.75, 3.05) is 0 Å². The number of fused-ring (bicyclic) bond motifs is 1. The molecule has 0 amide bonds. The van der Waals surface area contributed by atoms with Crippen LogP contribution in [0.25, 0.3) is 0 Å². The van der Waals surface area contributed by atoms with E-state index in [0.717, 1.165) is 36.9 Å². The van der Waals surface area contributed by atoms with Gasteiger partial charge in [0.15, 0.2) is 0 Å². The molecule has 0 radical (unpaired) electrons. The summed E-state index contributed by atoms with van der Waals surface area (Å²) in [5.74, 6) is 0.967. The first-order valence-electron chi connectivity index (χ1n) is 10.1. The molecule has 2 heterocycles. The molecule has 2 atom stereocenters. The molecular weight excluding hydrogens is 360 g/mol. The number of aromatic nitrogens is 4. The molecule has 2 unspecified atom stereocenters. The number of hydrogen-bond acceptors (Lipinski definition) is 3. The Bertz CT molecular complexity index is 1090. The predicted molar refractivity (Wildman–Crippen MR) is 112 cm³/mol. The van der Waals surface area contributed by atoms with Gasteiger partial charge in [0.05, 0.1) is 18.6 Å². The van der Waals surface area contributed by atoms with Gasteiger partial charge in [0.1, 0.15) is 5.75 Å². The van der Waals surface area contributed by atoms with E-state index in [4.69, 9.17) is 0 Å². The van der Waals surface area contributed by atoms with Crippen molar-refractivity contribution in [1.82, 2.24) is 19.3 Å². The summed E-state index contributed by atoms with van der Waals surface area (Å²) in [4.78, 5) is 4.24. The van der Waals surface area contributed by atoms with Crippen molar-refractivity contribution in [1.29, 1.82) is 0 Å². The minimum Gasteiger partial charge on any atom is -0.508 e. The van der Waals surface area contributed by atoms with Crippen LogP contribution in [-0.4, -0.2) is 24.4 Å². The predicted octanol–water partition coefficient (Wildman–Crippen LogP) is 4.23. The molecule has 29 heavy (non-hydrogen) atoms. The van der Waals surface area contributed by atoms with Gasteiger partial charge in [0.2, 0.25) is 0 Å². The van der Waals surface area contributed by atoms with Crippen LogP contribution < -0.4 is 0 Å². The first kappa shape index (κ1) is 17.7. The molecule has 1 aliphatic carbocycles. The highest BCUT2D eigenvalue weighted by Crippen LogP contribution is 2.32. The molecule has 1 aliphatic rings. The maximum atomic E-state index is 10.1. The zero-order valence-corrected chi connectivity index (χ0v) is 16.2. The minimum absolute atomic E-state index is 0.0662. The topological polar surface area (TPSA) is 55.9 Å². The third-order valence-corrected chi connectivity index (χ3v) is 5.91. The van der Waals surface area contributed by atoms with Gasteiger partial charge >= 0.3 is 0 Å². The van der Waals surface area contributed by atoms with E-state index in [0.29, 0.717) is 11.7 Å². The normalized spacial score (nSPS) is 17.0. The smallest absolute Gasteiger partial charge is 0.119 e. The molecule has 0 bridgehead atoms. The molecule has 0 saturated heterocycles. The Morgan fingerprint density at radius 1 is 1.07 bits per heavy atom. The SMILES string of the molecule is Oc1cccc2c1CCC(Cn1cc(C(c3ccccc3)n3ccnc3)cn1)C2. The van der Waals surface area contributed by atoms with Crippen LogP contribution in [0.4, 0.5) is 0 Å². The third kappa shape index (κ3) is 3.56. The average Bonchev–Trinajstić information content (AvgIpc) is 3.42. The molecule has 0 aliphatic heterocycles. The van der Waals surface area contributed by atoms with Crippen LogP contribution in [0.1, 0.15) is 34.7 Å². The summed E-state index contributed by atoms with van der Waals surface area (Å²) in [6, 6.07) is 16.4. The van der Waals surface area contributed by atoms with Crippen LogP contribution in [-0.2, 0) is 19.4 Å². The van der Waals surface area contributed by atoms with Crippen LogP contribution in [0.3, 0.4) is 0 Å². The Labute approximate surface area is 170 Å². The zero-order chi connectivity index (χ0) is 19.6. The molecule has 0 spiro atoms. The van der Waals surface area contributed by atoms with Gasteiger partial charge in [0.25, 0.3) is 0 Å². The number of aromatic hydroxyl groups is 1. The average molecular weight is 384 g/mol. The maximum Gasteiger partial charge on any atom is 0.119 e. The second-order valence-corrected chi connectivity index (χ2v) is 7.84. The van der Waals surface area contributed by atoms with Crippen LogP contribution >= 0.6 is 0 Å². The van der Waals surface area contributed by atoms with Gasteiger partial charge in [0, 0.05) is 30.7 Å². The van der Waals surface area contributed by atoms with Crippen molar-refractivity contribution in [2.24, 2.45) is 5.92 Å². The second-order valence-electron chi connectivity index (χ2n) is 7.84. The lowest BCUT2D eigenvalue weighted by Crippen LogP contribution is -2.20. The molecule has 2 aromatic heterocycles. The Morgan fingerprint density at radius 3 is 2.79 bits per heavy atom. The number of imidazole rings is 1. The molecular formula is C24H24N4O. The lowest BCUT2D eigenvalue weighted by Gasteiger charge is -2.25. The Hall–Kier alpha value is -3.34. The van der Waals surface area contributed by atoms with Crippen molar-refractivity contribution in [3.8, 4) is 5.75 Å². The number of phenols is 1. The first-order chi connectivity index (χ1) is 14.3. The van der Waals surface area contributed by atoms with E-state index in [1.165, 1.54) is 11.1 Å². The Kier molecular flexibility index (Phi) is 4.64. The summed E-state index contributed by atoms with van der Waals surface area (Å²) in [6.45, 7) is 0.889. The van der Waals surface area contributed by atoms with Crippen molar-refractivity contribution < 1.29 is 5.11 Å². The van der Waals surface area contributed by atoms with E-state index in [9.17, 15) is 5.11 Å². The summed E-state index contributed by atoms with van der Waals surface area (Å²) in [7, 11) is 0. The highest BCUT2D eigenvalue weighted by molar-refractivity contribution is 5.41. The number of phenolic OH excluding ortho intramolecular Hbond substituents is 1. The fourth-order valence-electron chi connectivity index (χ4n) is 4.50. The van der Waals surface area contributed by atoms with Gasteiger partial charge in [-0.05, 0) is 47.9 Å². The molecule has 5 nitrogen and oxygen atoms in total. The van der Waals surface area contributed by atoms with Crippen molar-refractivity contribution in [3.05, 3.63) is 102 Å². The molecule has 0 fully saturated rings. The van der Waals surface area contributed by atoms with E-state index in [2.05, 4.69) is 55.9 Å². The number of nitrogens with zero attached hydrogens (tertiary/aromatic N) is 4. The van der Waals surface area contributed by atoms with Crippen LogP contribution in [0.5, 0.6) is 5.75 Å². The molecule has 146 valence electrons. The Morgan fingerprint density at radius 2 is 1.97 bits per heavy atom. The molecule has 4 aromatic rings. The van der Waals surface area contributed by atoms with E-state index in [1.807, 2.05) is 37.1 Å². The summed E-state index contributed by atoms with van der Waals surface area (Å²) in [5, 5.41) is 14.7. The van der Waals surface area contributed by atoms with E-state index < -0.39 is 0 Å². The molecule has 5 heteroatoms. The van der Waals surface area contributed by atoms with E-state index >= 15 is 0 Å². The standard InChI is InChI=1S/C24H24N4O/c29-23-8-4-7-20-13-18(9-10-22(20)23)15-28-16-21(14-26-28)24(27-12-11-25-17-27)19-5-2-1-3-6-19/h1-8,11-12,14,16-18,24,29H,9-10,13,15H2. The quantitative estimate of drug-likeness (QED) is 0.560. The maximum absolute atomic E-state index is 10.1. The van der Waals surface area contributed by atoms with Gasteiger partial charge < -0.3 is 9.67 Å². The number of hydrogen-bond donors (Lipinski definition) is 1. The highest BCUT2D eigenvalue weighted by atomic mass is 16.3. The zero-order valence-electron chi connectivity index (χ0n) is 16.2. The number of benzene rings is 2. The summed E-state index contributed by atoms with van der Waals surface area (Å²) >= 11 is 0. The van der Waals surface area contributed by atoms with Crippen molar-refractivity contribution in [3.63, 3.8) is 0 Å². The minimum atomic E-state index is 0.0662. The van der Waals surface area contributed by atoms with Crippen molar-refractivity contribution >= 4 is 0 Å². The summed E-state index contributed by atoms with van der Waals surface area (Å²) in [5.41, 5.74) is 4.76. The lowest BCUT2D eigenvalue weighted by atomic mass is 9.83. The second kappa shape index (κ2) is 7.59. The van der Waals surface area contributed by atoms with Gasteiger partial charge in [-0.15, -0.1) is 0 Å². The number of rotatable bonds is 5. The van der Waals surface area contributed by atoms with Gasteiger partial charge in [-0.25, -0.2) is 4.98 Å². The molecule has 2 aromatic carbocycles. The van der Waals surface area contributed by atoms with Crippen LogP contribution in [0.2, 0.25) is 0 Å². The lowest BCUT2D eigenvalue weighted by molar-refractivity contribution is 0.368. The van der Waals surface area contributed by atoms with Crippen molar-refractivity contribution in [2.45, 2.75) is 31.8 Å². The monoisotopic (exact) mass is 384 g/mol. The molecule has 5 rings (SSSR count). The van der Waals surface area contributed by atoms with E-state index in [-0.39, 0.29) is 6.04 Å². The van der Waals surface area contributed by atoms with Gasteiger partial charge in [-0.1, -0.05) is 42.5 Å². The molecule has 1 N–H and O–H groups in total. The fraction of sp³-hybridized carbons (Fsp3) is 0.250. The molecule has 0 saturated carbocycles. The summed E-state index contributed by atoms with van der Waals surface area (Å²) < 4.78 is 4.19.